The van der Waals surface area contributed by atoms with Crippen molar-refractivity contribution in [3.8, 4) is 0 Å². The van der Waals surface area contributed by atoms with Crippen LogP contribution in [0.25, 0.3) is 0 Å². The van der Waals surface area contributed by atoms with Crippen LogP contribution in [0, 0.1) is 5.92 Å². The molecule has 0 rings (SSSR count). The molecule has 0 aromatic heterocycles. The van der Waals surface area contributed by atoms with Gasteiger partial charge in [-0.2, -0.15) is 11.1 Å². The highest BCUT2D eigenvalue weighted by molar-refractivity contribution is 7.23. The van der Waals surface area contributed by atoms with Crippen LogP contribution < -0.4 is 0 Å². The van der Waals surface area contributed by atoms with E-state index in [0.717, 1.165) is 11.1 Å². The molecule has 0 heterocycles. The molecule has 110 valence electrons. The molecule has 0 bridgehead atoms. The van der Waals surface area contributed by atoms with Crippen LogP contribution in [-0.2, 0) is 0 Å². The van der Waals surface area contributed by atoms with Crippen LogP contribution in [0.2, 0.25) is 16.1 Å². The Kier molecular flexibility index (Phi) is 7.54. The first-order chi connectivity index (χ1) is 8.23. The molecular weight excluding hydrogens is 256 g/mol. The second-order valence-electron chi connectivity index (χ2n) is 6.67. The summed E-state index contributed by atoms with van der Waals surface area (Å²) >= 11 is 7.50. The van der Waals surface area contributed by atoms with E-state index >= 15 is 0 Å². The van der Waals surface area contributed by atoms with E-state index in [9.17, 15) is 0 Å². The van der Waals surface area contributed by atoms with E-state index in [1.165, 1.54) is 25.7 Å². The number of rotatable bonds is 8. The van der Waals surface area contributed by atoms with E-state index in [-0.39, 0.29) is 0 Å². The van der Waals surface area contributed by atoms with Gasteiger partial charge in [0.15, 0.2) is 7.38 Å². The molecular formula is C16H35ClSi. The minimum absolute atomic E-state index is 0.307. The van der Waals surface area contributed by atoms with Crippen molar-refractivity contribution in [1.82, 2.24) is 0 Å². The SMILES string of the molecule is CCC(CC)[Si](Cl)(C(CC)CC)C(C)(C)C(C)C. The lowest BCUT2D eigenvalue weighted by Gasteiger charge is -2.51. The third-order valence-electron chi connectivity index (χ3n) is 5.59. The predicted molar refractivity (Wildman–Crippen MR) is 89.2 cm³/mol. The van der Waals surface area contributed by atoms with Crippen molar-refractivity contribution in [1.29, 1.82) is 0 Å². The predicted octanol–water partition coefficient (Wildman–Crippen LogP) is 6.99. The van der Waals surface area contributed by atoms with Gasteiger partial charge in [0, 0.05) is 0 Å². The van der Waals surface area contributed by atoms with Gasteiger partial charge in [-0.05, 0) is 22.0 Å². The van der Waals surface area contributed by atoms with Gasteiger partial charge in [0.05, 0.1) is 0 Å². The van der Waals surface area contributed by atoms with Crippen molar-refractivity contribution in [3.05, 3.63) is 0 Å². The van der Waals surface area contributed by atoms with E-state index in [2.05, 4.69) is 55.4 Å². The van der Waals surface area contributed by atoms with Crippen molar-refractivity contribution in [2.24, 2.45) is 5.92 Å². The Labute approximate surface area is 122 Å². The molecule has 2 heteroatoms. The standard InChI is InChI=1S/C16H35ClSi/c1-9-14(10-2)18(17,15(11-3)12-4)16(7,8)13(5)6/h13-15H,9-12H2,1-8H3. The zero-order valence-corrected chi connectivity index (χ0v) is 15.7. The molecule has 0 saturated heterocycles. The molecule has 0 nitrogen and oxygen atoms in total. The molecule has 0 aromatic rings. The molecule has 0 spiro atoms. The van der Waals surface area contributed by atoms with Crippen LogP contribution >= 0.6 is 11.1 Å². The number of hydrogen-bond acceptors (Lipinski definition) is 0. The van der Waals surface area contributed by atoms with Gasteiger partial charge < -0.3 is 0 Å². The van der Waals surface area contributed by atoms with Crippen molar-refractivity contribution < 1.29 is 0 Å². The molecule has 0 fully saturated rings. The van der Waals surface area contributed by atoms with E-state index in [1.54, 1.807) is 0 Å². The van der Waals surface area contributed by atoms with Gasteiger partial charge in [-0.15, -0.1) is 0 Å². The Hall–Kier alpha value is 0.507. The van der Waals surface area contributed by atoms with Gasteiger partial charge >= 0.3 is 0 Å². The first-order valence-electron chi connectivity index (χ1n) is 7.92. The van der Waals surface area contributed by atoms with E-state index in [0.29, 0.717) is 11.0 Å². The highest BCUT2D eigenvalue weighted by atomic mass is 35.6. The Morgan fingerprint density at radius 1 is 0.833 bits per heavy atom. The van der Waals surface area contributed by atoms with Crippen LogP contribution in [0.3, 0.4) is 0 Å². The van der Waals surface area contributed by atoms with Gasteiger partial charge in [0.25, 0.3) is 0 Å². The minimum Gasteiger partial charge on any atom is -0.166 e. The van der Waals surface area contributed by atoms with Crippen LogP contribution in [0.4, 0.5) is 0 Å². The van der Waals surface area contributed by atoms with Crippen LogP contribution in [0.5, 0.6) is 0 Å². The summed E-state index contributed by atoms with van der Waals surface area (Å²) in [6.45, 7) is 18.9. The minimum atomic E-state index is -1.83. The summed E-state index contributed by atoms with van der Waals surface area (Å²) in [6.07, 6.45) is 5.00. The molecule has 0 aliphatic heterocycles. The largest absolute Gasteiger partial charge is 0.168 e. The Balaban J connectivity index is 5.67. The van der Waals surface area contributed by atoms with Gasteiger partial charge in [-0.25, -0.2) is 0 Å². The first kappa shape index (κ1) is 18.5. The summed E-state index contributed by atoms with van der Waals surface area (Å²) in [7, 11) is -1.83. The van der Waals surface area contributed by atoms with Crippen molar-refractivity contribution in [3.63, 3.8) is 0 Å². The third kappa shape index (κ3) is 3.15. The maximum atomic E-state index is 7.50. The third-order valence-corrected chi connectivity index (χ3v) is 15.5. The molecule has 18 heavy (non-hydrogen) atoms. The zero-order valence-electron chi connectivity index (χ0n) is 13.9. The topological polar surface area (TPSA) is 0 Å². The molecule has 0 aromatic carbocycles. The van der Waals surface area contributed by atoms with E-state index in [4.69, 9.17) is 11.1 Å². The van der Waals surface area contributed by atoms with Crippen molar-refractivity contribution >= 4 is 18.5 Å². The van der Waals surface area contributed by atoms with Gasteiger partial charge in [-0.3, -0.25) is 0 Å². The fourth-order valence-corrected chi connectivity index (χ4v) is 12.1. The van der Waals surface area contributed by atoms with E-state index < -0.39 is 7.38 Å². The second kappa shape index (κ2) is 7.33. The summed E-state index contributed by atoms with van der Waals surface area (Å²) in [6, 6.07) is 0. The zero-order chi connectivity index (χ0) is 14.6. The molecule has 0 saturated carbocycles. The molecule has 0 aliphatic carbocycles. The highest BCUT2D eigenvalue weighted by Gasteiger charge is 2.55. The smallest absolute Gasteiger partial charge is 0.166 e. The summed E-state index contributed by atoms with van der Waals surface area (Å²) < 4.78 is 0. The summed E-state index contributed by atoms with van der Waals surface area (Å²) in [4.78, 5) is 0. The molecule has 0 N–H and O–H groups in total. The van der Waals surface area contributed by atoms with Crippen LogP contribution in [0.1, 0.15) is 81.1 Å². The average molecular weight is 291 g/mol. The molecule has 0 aliphatic rings. The lowest BCUT2D eigenvalue weighted by Crippen LogP contribution is -2.50. The summed E-state index contributed by atoms with van der Waals surface area (Å²) in [5.74, 6) is 0.669. The fraction of sp³-hybridized carbons (Fsp3) is 1.00. The van der Waals surface area contributed by atoms with Gasteiger partial charge in [0.1, 0.15) is 0 Å². The lowest BCUT2D eigenvalue weighted by molar-refractivity contribution is 0.436. The second-order valence-corrected chi connectivity index (χ2v) is 13.0. The Morgan fingerprint density at radius 2 is 1.11 bits per heavy atom. The molecule has 0 radical (unpaired) electrons. The van der Waals surface area contributed by atoms with Crippen LogP contribution in [0.15, 0.2) is 0 Å². The fourth-order valence-electron chi connectivity index (χ4n) is 3.59. The Bertz CT molecular complexity index is 215. The van der Waals surface area contributed by atoms with Crippen molar-refractivity contribution in [2.45, 2.75) is 97.2 Å². The van der Waals surface area contributed by atoms with Gasteiger partial charge in [0.2, 0.25) is 0 Å². The van der Waals surface area contributed by atoms with E-state index in [1.807, 2.05) is 0 Å². The monoisotopic (exact) mass is 290 g/mol. The normalized spacial score (nSPS) is 14.0. The lowest BCUT2D eigenvalue weighted by atomic mass is 9.99. The maximum Gasteiger partial charge on any atom is 0.168 e. The maximum absolute atomic E-state index is 7.50. The van der Waals surface area contributed by atoms with Crippen LogP contribution in [-0.4, -0.2) is 7.38 Å². The molecule has 0 amide bonds. The number of hydrogen-bond donors (Lipinski definition) is 0. The van der Waals surface area contributed by atoms with Crippen molar-refractivity contribution in [2.75, 3.05) is 0 Å². The average Bonchev–Trinajstić information content (AvgIpc) is 2.31. The van der Waals surface area contributed by atoms with Gasteiger partial charge in [-0.1, -0.05) is 81.1 Å². The summed E-state index contributed by atoms with van der Waals surface area (Å²) in [5, 5.41) is 0.307. The quantitative estimate of drug-likeness (QED) is 0.334. The Morgan fingerprint density at radius 3 is 1.28 bits per heavy atom. The summed E-state index contributed by atoms with van der Waals surface area (Å²) in [5.41, 5.74) is 1.50. The highest BCUT2D eigenvalue weighted by Crippen LogP contribution is 2.60. The number of halogens is 1. The molecule has 0 atom stereocenters. The first-order valence-corrected chi connectivity index (χ1v) is 11.1. The molecule has 0 unspecified atom stereocenters.